The van der Waals surface area contributed by atoms with Gasteiger partial charge in [0.1, 0.15) is 0 Å². The number of aromatic nitrogens is 1. The Morgan fingerprint density at radius 3 is 2.77 bits per heavy atom. The first kappa shape index (κ1) is 9.99. The maximum absolute atomic E-state index is 11.4. The van der Waals surface area contributed by atoms with E-state index in [-0.39, 0.29) is 11.6 Å². The molecular weight excluding hydrogens is 164 g/mol. The summed E-state index contributed by atoms with van der Waals surface area (Å²) in [4.78, 5) is 11.4. The second-order valence-corrected chi connectivity index (χ2v) is 3.25. The van der Waals surface area contributed by atoms with Crippen LogP contribution in [0.15, 0.2) is 23.1 Å². The summed E-state index contributed by atoms with van der Waals surface area (Å²) in [5.41, 5.74) is 6.69. The monoisotopic (exact) mass is 180 g/mol. The van der Waals surface area contributed by atoms with Crippen molar-refractivity contribution in [3.63, 3.8) is 0 Å². The third-order valence-electron chi connectivity index (χ3n) is 2.22. The highest BCUT2D eigenvalue weighted by Gasteiger charge is 2.06. The Labute approximate surface area is 78.2 Å². The molecule has 0 radical (unpaired) electrons. The summed E-state index contributed by atoms with van der Waals surface area (Å²) < 4.78 is 1.72. The van der Waals surface area contributed by atoms with E-state index in [1.807, 2.05) is 26.1 Å². The van der Waals surface area contributed by atoms with Crippen LogP contribution in [-0.4, -0.2) is 11.1 Å². The van der Waals surface area contributed by atoms with Crippen LogP contribution in [0, 0.1) is 6.92 Å². The molecule has 3 heteroatoms. The average molecular weight is 180 g/mol. The van der Waals surface area contributed by atoms with Gasteiger partial charge in [-0.25, -0.2) is 0 Å². The molecule has 13 heavy (non-hydrogen) atoms. The van der Waals surface area contributed by atoms with Crippen molar-refractivity contribution in [1.29, 1.82) is 0 Å². The lowest BCUT2D eigenvalue weighted by molar-refractivity contribution is 0.481. The summed E-state index contributed by atoms with van der Waals surface area (Å²) in [6.07, 6.45) is 2.75. The van der Waals surface area contributed by atoms with Crippen molar-refractivity contribution in [3.8, 4) is 0 Å². The van der Waals surface area contributed by atoms with Crippen molar-refractivity contribution in [1.82, 2.24) is 4.57 Å². The molecule has 0 saturated carbocycles. The molecule has 0 bridgehead atoms. The van der Waals surface area contributed by atoms with E-state index < -0.39 is 0 Å². The molecule has 1 aromatic rings. The molecule has 1 atom stereocenters. The Bertz CT molecular complexity index is 326. The average Bonchev–Trinajstić information content (AvgIpc) is 2.13. The predicted molar refractivity (Wildman–Crippen MR) is 53.8 cm³/mol. The highest BCUT2D eigenvalue weighted by molar-refractivity contribution is 5.08. The van der Waals surface area contributed by atoms with E-state index in [1.165, 1.54) is 0 Å². The molecule has 0 saturated heterocycles. The van der Waals surface area contributed by atoms with E-state index in [4.69, 9.17) is 5.73 Å². The zero-order valence-corrected chi connectivity index (χ0v) is 8.16. The van der Waals surface area contributed by atoms with Crippen LogP contribution in [0.1, 0.15) is 24.9 Å². The molecule has 0 amide bonds. The standard InChI is InChI=1S/C10H16N2O/c1-3-9(6-11)12-7-8(2)4-5-10(12)13/h4-5,7,9H,3,6,11H2,1-2H3. The van der Waals surface area contributed by atoms with E-state index >= 15 is 0 Å². The molecule has 1 heterocycles. The van der Waals surface area contributed by atoms with Crippen LogP contribution in [0.3, 0.4) is 0 Å². The Balaban J connectivity index is 3.11. The van der Waals surface area contributed by atoms with Crippen LogP contribution >= 0.6 is 0 Å². The van der Waals surface area contributed by atoms with Gasteiger partial charge in [0.2, 0.25) is 0 Å². The Hall–Kier alpha value is -1.09. The molecule has 1 aromatic heterocycles. The molecule has 0 aliphatic carbocycles. The molecule has 0 spiro atoms. The second kappa shape index (κ2) is 4.23. The summed E-state index contributed by atoms with van der Waals surface area (Å²) in [5.74, 6) is 0. The third-order valence-corrected chi connectivity index (χ3v) is 2.22. The summed E-state index contributed by atoms with van der Waals surface area (Å²) in [7, 11) is 0. The largest absolute Gasteiger partial charge is 0.328 e. The lowest BCUT2D eigenvalue weighted by Crippen LogP contribution is -2.28. The lowest BCUT2D eigenvalue weighted by Gasteiger charge is -2.16. The molecule has 3 nitrogen and oxygen atoms in total. The van der Waals surface area contributed by atoms with Gasteiger partial charge < -0.3 is 10.3 Å². The topological polar surface area (TPSA) is 48.0 Å². The molecule has 1 rings (SSSR count). The van der Waals surface area contributed by atoms with Gasteiger partial charge in [0.25, 0.3) is 5.56 Å². The van der Waals surface area contributed by atoms with Crippen LogP contribution in [0.2, 0.25) is 0 Å². The third kappa shape index (κ3) is 2.18. The van der Waals surface area contributed by atoms with Gasteiger partial charge in [0.05, 0.1) is 0 Å². The maximum atomic E-state index is 11.4. The second-order valence-electron chi connectivity index (χ2n) is 3.25. The van der Waals surface area contributed by atoms with Crippen LogP contribution in [0.4, 0.5) is 0 Å². The fourth-order valence-corrected chi connectivity index (χ4v) is 1.38. The van der Waals surface area contributed by atoms with E-state index in [2.05, 4.69) is 0 Å². The summed E-state index contributed by atoms with van der Waals surface area (Å²) >= 11 is 0. The van der Waals surface area contributed by atoms with Gasteiger partial charge in [-0.1, -0.05) is 13.0 Å². The van der Waals surface area contributed by atoms with Crippen LogP contribution in [0.5, 0.6) is 0 Å². The minimum Gasteiger partial charge on any atom is -0.328 e. The molecule has 2 N–H and O–H groups in total. The molecule has 0 aliphatic rings. The molecule has 0 aliphatic heterocycles. The van der Waals surface area contributed by atoms with E-state index in [1.54, 1.807) is 10.6 Å². The lowest BCUT2D eigenvalue weighted by atomic mass is 10.2. The molecule has 72 valence electrons. The van der Waals surface area contributed by atoms with Crippen LogP contribution in [-0.2, 0) is 0 Å². The first-order valence-corrected chi connectivity index (χ1v) is 4.58. The molecule has 0 fully saturated rings. The van der Waals surface area contributed by atoms with Crippen molar-refractivity contribution in [2.75, 3.05) is 6.54 Å². The van der Waals surface area contributed by atoms with Crippen molar-refractivity contribution in [2.24, 2.45) is 5.73 Å². The SMILES string of the molecule is CCC(CN)n1cc(C)ccc1=O. The number of aryl methyl sites for hydroxylation is 1. The predicted octanol–water partition coefficient (Wildman–Crippen LogP) is 1.07. The highest BCUT2D eigenvalue weighted by atomic mass is 16.1. The van der Waals surface area contributed by atoms with Crippen molar-refractivity contribution in [3.05, 3.63) is 34.2 Å². The zero-order valence-electron chi connectivity index (χ0n) is 8.16. The summed E-state index contributed by atoms with van der Waals surface area (Å²) in [6, 6.07) is 3.54. The van der Waals surface area contributed by atoms with E-state index in [0.29, 0.717) is 6.54 Å². The van der Waals surface area contributed by atoms with Crippen molar-refractivity contribution >= 4 is 0 Å². The highest BCUT2D eigenvalue weighted by Crippen LogP contribution is 2.06. The Morgan fingerprint density at radius 2 is 2.23 bits per heavy atom. The maximum Gasteiger partial charge on any atom is 0.250 e. The number of nitrogens with two attached hydrogens (primary N) is 1. The first-order chi connectivity index (χ1) is 6.19. The fraction of sp³-hybridized carbons (Fsp3) is 0.500. The number of nitrogens with zero attached hydrogens (tertiary/aromatic N) is 1. The van der Waals surface area contributed by atoms with Gasteiger partial charge in [0, 0.05) is 24.8 Å². The minimum atomic E-state index is 0.0305. The smallest absolute Gasteiger partial charge is 0.250 e. The first-order valence-electron chi connectivity index (χ1n) is 4.58. The minimum absolute atomic E-state index is 0.0305. The van der Waals surface area contributed by atoms with Gasteiger partial charge in [-0.2, -0.15) is 0 Å². The van der Waals surface area contributed by atoms with E-state index in [9.17, 15) is 4.79 Å². The van der Waals surface area contributed by atoms with Crippen molar-refractivity contribution < 1.29 is 0 Å². The van der Waals surface area contributed by atoms with Crippen molar-refractivity contribution in [2.45, 2.75) is 26.3 Å². The van der Waals surface area contributed by atoms with Crippen LogP contribution < -0.4 is 11.3 Å². The molecule has 1 unspecified atom stereocenters. The van der Waals surface area contributed by atoms with Gasteiger partial charge in [-0.15, -0.1) is 0 Å². The normalized spacial score (nSPS) is 12.8. The zero-order chi connectivity index (χ0) is 9.84. The van der Waals surface area contributed by atoms with Gasteiger partial charge in [-0.05, 0) is 18.9 Å². The Morgan fingerprint density at radius 1 is 1.54 bits per heavy atom. The molecular formula is C10H16N2O. The number of hydrogen-bond donors (Lipinski definition) is 1. The van der Waals surface area contributed by atoms with Gasteiger partial charge >= 0.3 is 0 Å². The summed E-state index contributed by atoms with van der Waals surface area (Å²) in [5, 5.41) is 0. The fourth-order valence-electron chi connectivity index (χ4n) is 1.38. The number of hydrogen-bond acceptors (Lipinski definition) is 2. The Kier molecular flexibility index (Phi) is 3.25. The summed E-state index contributed by atoms with van der Waals surface area (Å²) in [6.45, 7) is 4.52. The van der Waals surface area contributed by atoms with Gasteiger partial charge in [-0.3, -0.25) is 4.79 Å². The van der Waals surface area contributed by atoms with E-state index in [0.717, 1.165) is 12.0 Å². The van der Waals surface area contributed by atoms with Gasteiger partial charge in [0.15, 0.2) is 0 Å². The number of rotatable bonds is 3. The quantitative estimate of drug-likeness (QED) is 0.756. The number of pyridine rings is 1. The molecule has 0 aromatic carbocycles. The van der Waals surface area contributed by atoms with Crippen LogP contribution in [0.25, 0.3) is 0 Å².